The Labute approximate surface area is 116 Å². The first-order valence-corrected chi connectivity index (χ1v) is 7.34. The van der Waals surface area contributed by atoms with E-state index in [1.807, 2.05) is 19.1 Å². The van der Waals surface area contributed by atoms with Crippen molar-refractivity contribution >= 4 is 5.69 Å². The lowest BCUT2D eigenvalue weighted by atomic mass is 10.0. The van der Waals surface area contributed by atoms with Crippen molar-refractivity contribution in [2.75, 3.05) is 24.5 Å². The van der Waals surface area contributed by atoms with Crippen LogP contribution in [0.3, 0.4) is 0 Å². The Morgan fingerprint density at radius 2 is 2.21 bits per heavy atom. The summed E-state index contributed by atoms with van der Waals surface area (Å²) in [6.07, 6.45) is 2.22. The van der Waals surface area contributed by atoms with Gasteiger partial charge in [-0.15, -0.1) is 0 Å². The maximum atomic E-state index is 14.0. The van der Waals surface area contributed by atoms with Gasteiger partial charge in [0.15, 0.2) is 0 Å². The fourth-order valence-corrected chi connectivity index (χ4v) is 2.75. The molecule has 2 atom stereocenters. The van der Waals surface area contributed by atoms with E-state index >= 15 is 0 Å². The Bertz CT molecular complexity index is 419. The minimum Gasteiger partial charge on any atom is -0.369 e. The molecule has 3 heteroatoms. The van der Waals surface area contributed by atoms with Crippen molar-refractivity contribution in [1.29, 1.82) is 0 Å². The third-order valence-electron chi connectivity index (χ3n) is 3.97. The van der Waals surface area contributed by atoms with Crippen molar-refractivity contribution in [3.8, 4) is 0 Å². The third-order valence-corrected chi connectivity index (χ3v) is 3.97. The van der Waals surface area contributed by atoms with Crippen LogP contribution in [0.1, 0.15) is 32.3 Å². The van der Waals surface area contributed by atoms with Crippen LogP contribution in [-0.4, -0.2) is 25.7 Å². The lowest BCUT2D eigenvalue weighted by Crippen LogP contribution is -2.43. The molecule has 1 heterocycles. The van der Waals surface area contributed by atoms with Crippen molar-refractivity contribution in [2.24, 2.45) is 5.92 Å². The summed E-state index contributed by atoms with van der Waals surface area (Å²) >= 11 is 0. The molecular weight excluding hydrogens is 239 g/mol. The molecule has 1 aliphatic rings. The number of anilines is 1. The summed E-state index contributed by atoms with van der Waals surface area (Å²) in [6, 6.07) is 5.95. The molecule has 0 aliphatic carbocycles. The van der Waals surface area contributed by atoms with E-state index in [0.717, 1.165) is 43.7 Å². The normalized spacial score (nSPS) is 24.9. The SMILES string of the molecule is CCC1CCN(c2cc(C)ccc2F)CC(C)CN1. The van der Waals surface area contributed by atoms with Gasteiger partial charge in [0.1, 0.15) is 5.82 Å². The first-order valence-electron chi connectivity index (χ1n) is 7.34. The van der Waals surface area contributed by atoms with E-state index in [-0.39, 0.29) is 5.82 Å². The summed E-state index contributed by atoms with van der Waals surface area (Å²) in [5.74, 6) is 0.439. The van der Waals surface area contributed by atoms with Crippen LogP contribution in [0.15, 0.2) is 18.2 Å². The Morgan fingerprint density at radius 3 is 2.95 bits per heavy atom. The van der Waals surface area contributed by atoms with Crippen LogP contribution in [0.25, 0.3) is 0 Å². The van der Waals surface area contributed by atoms with E-state index in [0.29, 0.717) is 12.0 Å². The number of nitrogens with zero attached hydrogens (tertiary/aromatic N) is 1. The summed E-state index contributed by atoms with van der Waals surface area (Å²) < 4.78 is 14.0. The summed E-state index contributed by atoms with van der Waals surface area (Å²) in [6.45, 7) is 9.32. The van der Waals surface area contributed by atoms with Gasteiger partial charge in [0.25, 0.3) is 0 Å². The fourth-order valence-electron chi connectivity index (χ4n) is 2.75. The van der Waals surface area contributed by atoms with Gasteiger partial charge < -0.3 is 10.2 Å². The zero-order valence-corrected chi connectivity index (χ0v) is 12.2. The van der Waals surface area contributed by atoms with E-state index in [9.17, 15) is 4.39 Å². The number of hydrogen-bond acceptors (Lipinski definition) is 2. The van der Waals surface area contributed by atoms with E-state index in [4.69, 9.17) is 0 Å². The van der Waals surface area contributed by atoms with Crippen molar-refractivity contribution < 1.29 is 4.39 Å². The maximum absolute atomic E-state index is 14.0. The number of aryl methyl sites for hydroxylation is 1. The first kappa shape index (κ1) is 14.3. The molecule has 0 saturated carbocycles. The average Bonchev–Trinajstić information content (AvgIpc) is 2.37. The summed E-state index contributed by atoms with van der Waals surface area (Å²) in [5, 5.41) is 3.60. The molecular formula is C16H25FN2. The standard InChI is InChI=1S/C16H25FN2/c1-4-14-7-8-19(11-13(3)10-18-14)16-9-12(2)5-6-15(16)17/h5-6,9,13-14,18H,4,7-8,10-11H2,1-3H3. The molecule has 1 aromatic rings. The third kappa shape index (κ3) is 3.69. The van der Waals surface area contributed by atoms with Gasteiger partial charge in [-0.2, -0.15) is 0 Å². The topological polar surface area (TPSA) is 15.3 Å². The van der Waals surface area contributed by atoms with Gasteiger partial charge >= 0.3 is 0 Å². The zero-order chi connectivity index (χ0) is 13.8. The summed E-state index contributed by atoms with van der Waals surface area (Å²) in [7, 11) is 0. The minimum absolute atomic E-state index is 0.0978. The molecule has 0 amide bonds. The van der Waals surface area contributed by atoms with Crippen LogP contribution in [0.5, 0.6) is 0 Å². The van der Waals surface area contributed by atoms with E-state index in [2.05, 4.69) is 24.1 Å². The quantitative estimate of drug-likeness (QED) is 0.881. The van der Waals surface area contributed by atoms with Crippen LogP contribution < -0.4 is 10.2 Å². The molecule has 1 aromatic carbocycles. The highest BCUT2D eigenvalue weighted by atomic mass is 19.1. The number of nitrogens with one attached hydrogen (secondary N) is 1. The van der Waals surface area contributed by atoms with Crippen molar-refractivity contribution in [3.63, 3.8) is 0 Å². The zero-order valence-electron chi connectivity index (χ0n) is 12.2. The molecule has 0 spiro atoms. The highest BCUT2D eigenvalue weighted by molar-refractivity contribution is 5.50. The molecule has 2 nitrogen and oxygen atoms in total. The molecule has 0 bridgehead atoms. The second kappa shape index (κ2) is 6.38. The highest BCUT2D eigenvalue weighted by Crippen LogP contribution is 2.23. The van der Waals surface area contributed by atoms with Gasteiger partial charge in [0, 0.05) is 19.1 Å². The molecule has 0 aromatic heterocycles. The summed E-state index contributed by atoms with van der Waals surface area (Å²) in [5.41, 5.74) is 1.89. The number of benzene rings is 1. The van der Waals surface area contributed by atoms with Gasteiger partial charge in [0.05, 0.1) is 5.69 Å². The molecule has 1 fully saturated rings. The number of halogens is 1. The van der Waals surface area contributed by atoms with Gasteiger partial charge in [-0.05, 0) is 49.9 Å². The smallest absolute Gasteiger partial charge is 0.146 e. The Kier molecular flexibility index (Phi) is 4.81. The summed E-state index contributed by atoms with van der Waals surface area (Å²) in [4.78, 5) is 2.22. The molecule has 0 radical (unpaired) electrons. The fraction of sp³-hybridized carbons (Fsp3) is 0.625. The maximum Gasteiger partial charge on any atom is 0.146 e. The predicted octanol–water partition coefficient (Wildman–Crippen LogP) is 3.35. The Balaban J connectivity index is 2.18. The Morgan fingerprint density at radius 1 is 1.42 bits per heavy atom. The van der Waals surface area contributed by atoms with Gasteiger partial charge in [-0.3, -0.25) is 0 Å². The molecule has 2 rings (SSSR count). The molecule has 2 unspecified atom stereocenters. The van der Waals surface area contributed by atoms with E-state index in [1.54, 1.807) is 6.07 Å². The van der Waals surface area contributed by atoms with Gasteiger partial charge in [-0.25, -0.2) is 4.39 Å². The first-order chi connectivity index (χ1) is 9.10. The molecule has 19 heavy (non-hydrogen) atoms. The monoisotopic (exact) mass is 264 g/mol. The predicted molar refractivity (Wildman–Crippen MR) is 79.2 cm³/mol. The van der Waals surface area contributed by atoms with Crippen LogP contribution in [0.4, 0.5) is 10.1 Å². The van der Waals surface area contributed by atoms with Crippen molar-refractivity contribution in [1.82, 2.24) is 5.32 Å². The van der Waals surface area contributed by atoms with Crippen molar-refractivity contribution in [2.45, 2.75) is 39.7 Å². The van der Waals surface area contributed by atoms with E-state index in [1.165, 1.54) is 0 Å². The molecule has 106 valence electrons. The van der Waals surface area contributed by atoms with Crippen LogP contribution in [0.2, 0.25) is 0 Å². The van der Waals surface area contributed by atoms with Gasteiger partial charge in [-0.1, -0.05) is 19.9 Å². The Hall–Kier alpha value is -1.09. The number of rotatable bonds is 2. The molecule has 1 N–H and O–H groups in total. The number of hydrogen-bond donors (Lipinski definition) is 1. The molecule has 1 aliphatic heterocycles. The van der Waals surface area contributed by atoms with E-state index < -0.39 is 0 Å². The minimum atomic E-state index is -0.0978. The van der Waals surface area contributed by atoms with Crippen LogP contribution in [0, 0.1) is 18.7 Å². The lowest BCUT2D eigenvalue weighted by Gasteiger charge is -2.34. The molecule has 1 saturated heterocycles. The van der Waals surface area contributed by atoms with Gasteiger partial charge in [0.2, 0.25) is 0 Å². The van der Waals surface area contributed by atoms with Crippen LogP contribution >= 0.6 is 0 Å². The van der Waals surface area contributed by atoms with Crippen molar-refractivity contribution in [3.05, 3.63) is 29.6 Å². The second-order valence-corrected chi connectivity index (χ2v) is 5.81. The average molecular weight is 264 g/mol. The lowest BCUT2D eigenvalue weighted by molar-refractivity contribution is 0.386. The highest BCUT2D eigenvalue weighted by Gasteiger charge is 2.20. The largest absolute Gasteiger partial charge is 0.369 e. The van der Waals surface area contributed by atoms with Crippen LogP contribution in [-0.2, 0) is 0 Å². The second-order valence-electron chi connectivity index (χ2n) is 5.81.